The Morgan fingerprint density at radius 1 is 1.26 bits per heavy atom. The quantitative estimate of drug-likeness (QED) is 0.896. The normalized spacial score (nSPS) is 13.2. The topological polar surface area (TPSA) is 40.2 Å². The maximum Gasteiger partial charge on any atom is 0.120 e. The van der Waals surface area contributed by atoms with Crippen molar-refractivity contribution in [2.45, 2.75) is 45.8 Å². The fourth-order valence-corrected chi connectivity index (χ4v) is 2.38. The first kappa shape index (κ1) is 13.9. The number of aromatic nitrogens is 1. The standard InChI is InChI=1S/C16H24N2O/c1-11(2)19-14-7-8-16-15(9-14)13(10-18(16)4)6-5-12(3)17/h7-12H,5-6,17H2,1-4H3. The molecule has 0 saturated heterocycles. The van der Waals surface area contributed by atoms with Gasteiger partial charge < -0.3 is 15.0 Å². The van der Waals surface area contributed by atoms with E-state index in [0.717, 1.165) is 18.6 Å². The van der Waals surface area contributed by atoms with Crippen molar-refractivity contribution in [1.82, 2.24) is 4.57 Å². The van der Waals surface area contributed by atoms with E-state index in [-0.39, 0.29) is 12.1 Å². The van der Waals surface area contributed by atoms with Crippen LogP contribution in [-0.2, 0) is 13.5 Å². The van der Waals surface area contributed by atoms with Gasteiger partial charge in [-0.05, 0) is 57.4 Å². The highest BCUT2D eigenvalue weighted by Crippen LogP contribution is 2.27. The summed E-state index contributed by atoms with van der Waals surface area (Å²) in [6, 6.07) is 6.55. The zero-order valence-corrected chi connectivity index (χ0v) is 12.3. The molecule has 3 nitrogen and oxygen atoms in total. The lowest BCUT2D eigenvalue weighted by atomic mass is 10.1. The van der Waals surface area contributed by atoms with Crippen molar-refractivity contribution >= 4 is 10.9 Å². The second-order valence-electron chi connectivity index (χ2n) is 5.63. The van der Waals surface area contributed by atoms with E-state index in [0.29, 0.717) is 0 Å². The van der Waals surface area contributed by atoms with Gasteiger partial charge in [-0.1, -0.05) is 0 Å². The number of benzene rings is 1. The number of hydrogen-bond donors (Lipinski definition) is 1. The molecule has 104 valence electrons. The molecule has 1 unspecified atom stereocenters. The molecule has 0 aliphatic rings. The molecular formula is C16H24N2O. The Hall–Kier alpha value is -1.48. The number of hydrogen-bond acceptors (Lipinski definition) is 2. The Labute approximate surface area is 115 Å². The van der Waals surface area contributed by atoms with Gasteiger partial charge in [0.25, 0.3) is 0 Å². The van der Waals surface area contributed by atoms with Crippen LogP contribution in [0.3, 0.4) is 0 Å². The molecule has 3 heteroatoms. The minimum absolute atomic E-state index is 0.202. The van der Waals surface area contributed by atoms with E-state index in [9.17, 15) is 0 Å². The number of rotatable bonds is 5. The van der Waals surface area contributed by atoms with Crippen LogP contribution in [-0.4, -0.2) is 16.7 Å². The van der Waals surface area contributed by atoms with Gasteiger partial charge in [-0.15, -0.1) is 0 Å². The van der Waals surface area contributed by atoms with Crippen molar-refractivity contribution in [3.8, 4) is 5.75 Å². The van der Waals surface area contributed by atoms with Crippen molar-refractivity contribution in [1.29, 1.82) is 0 Å². The van der Waals surface area contributed by atoms with Crippen LogP contribution in [0.1, 0.15) is 32.8 Å². The summed E-state index contributed by atoms with van der Waals surface area (Å²) in [6.45, 7) is 6.15. The summed E-state index contributed by atoms with van der Waals surface area (Å²) in [6.07, 6.45) is 4.43. The van der Waals surface area contributed by atoms with Crippen molar-refractivity contribution in [3.05, 3.63) is 30.0 Å². The monoisotopic (exact) mass is 260 g/mol. The predicted octanol–water partition coefficient (Wildman–Crippen LogP) is 3.25. The van der Waals surface area contributed by atoms with Crippen LogP contribution in [0.25, 0.3) is 10.9 Å². The highest BCUT2D eigenvalue weighted by atomic mass is 16.5. The molecule has 0 fully saturated rings. The first-order valence-corrected chi connectivity index (χ1v) is 6.97. The summed E-state index contributed by atoms with van der Waals surface area (Å²) in [5.41, 5.74) is 8.45. The number of fused-ring (bicyclic) bond motifs is 1. The first-order chi connectivity index (χ1) is 8.97. The Morgan fingerprint density at radius 2 is 2.00 bits per heavy atom. The van der Waals surface area contributed by atoms with Crippen molar-refractivity contribution in [2.75, 3.05) is 0 Å². The third-order valence-corrected chi connectivity index (χ3v) is 3.28. The fourth-order valence-electron chi connectivity index (χ4n) is 2.38. The average molecular weight is 260 g/mol. The third kappa shape index (κ3) is 3.29. The molecule has 0 saturated carbocycles. The lowest BCUT2D eigenvalue weighted by Gasteiger charge is -2.10. The molecule has 1 aromatic heterocycles. The first-order valence-electron chi connectivity index (χ1n) is 6.97. The zero-order chi connectivity index (χ0) is 14.0. The maximum atomic E-state index is 5.86. The van der Waals surface area contributed by atoms with E-state index in [4.69, 9.17) is 10.5 Å². The highest BCUT2D eigenvalue weighted by molar-refractivity contribution is 5.85. The van der Waals surface area contributed by atoms with Gasteiger partial charge in [-0.25, -0.2) is 0 Å². The molecule has 19 heavy (non-hydrogen) atoms. The molecule has 2 rings (SSSR count). The van der Waals surface area contributed by atoms with Crippen LogP contribution in [0.4, 0.5) is 0 Å². The summed E-state index contributed by atoms with van der Waals surface area (Å²) < 4.78 is 7.95. The van der Waals surface area contributed by atoms with Crippen LogP contribution in [0.2, 0.25) is 0 Å². The van der Waals surface area contributed by atoms with Gasteiger partial charge in [0.05, 0.1) is 6.10 Å². The second kappa shape index (κ2) is 5.66. The Bertz CT molecular complexity index is 555. The van der Waals surface area contributed by atoms with E-state index in [1.54, 1.807) is 0 Å². The molecule has 2 aromatic rings. The minimum atomic E-state index is 0.202. The van der Waals surface area contributed by atoms with Crippen LogP contribution in [0.15, 0.2) is 24.4 Å². The molecule has 1 aromatic carbocycles. The predicted molar refractivity (Wildman–Crippen MR) is 80.7 cm³/mol. The summed E-state index contributed by atoms with van der Waals surface area (Å²) in [4.78, 5) is 0. The molecule has 0 aliphatic heterocycles. The Morgan fingerprint density at radius 3 is 2.63 bits per heavy atom. The van der Waals surface area contributed by atoms with Gasteiger partial charge >= 0.3 is 0 Å². The van der Waals surface area contributed by atoms with Crippen LogP contribution >= 0.6 is 0 Å². The van der Waals surface area contributed by atoms with Gasteiger partial charge in [0.1, 0.15) is 5.75 Å². The van der Waals surface area contributed by atoms with E-state index in [1.165, 1.54) is 16.5 Å². The number of ether oxygens (including phenoxy) is 1. The van der Waals surface area contributed by atoms with E-state index in [1.807, 2.05) is 19.9 Å². The van der Waals surface area contributed by atoms with E-state index >= 15 is 0 Å². The molecule has 0 amide bonds. The van der Waals surface area contributed by atoms with Gasteiger partial charge in [0.15, 0.2) is 0 Å². The average Bonchev–Trinajstić information content (AvgIpc) is 2.62. The van der Waals surface area contributed by atoms with Crippen LogP contribution in [0.5, 0.6) is 5.75 Å². The molecule has 0 aliphatic carbocycles. The van der Waals surface area contributed by atoms with Crippen molar-refractivity contribution in [2.24, 2.45) is 12.8 Å². The molecule has 1 atom stereocenters. The second-order valence-corrected chi connectivity index (χ2v) is 5.63. The van der Waals surface area contributed by atoms with Crippen LogP contribution in [0, 0.1) is 0 Å². The van der Waals surface area contributed by atoms with Gasteiger partial charge in [-0.2, -0.15) is 0 Å². The third-order valence-electron chi connectivity index (χ3n) is 3.28. The Kier molecular flexibility index (Phi) is 4.15. The number of nitrogens with two attached hydrogens (primary N) is 1. The number of nitrogens with zero attached hydrogens (tertiary/aromatic N) is 1. The van der Waals surface area contributed by atoms with E-state index in [2.05, 4.69) is 36.9 Å². The molecule has 0 bridgehead atoms. The highest BCUT2D eigenvalue weighted by Gasteiger charge is 2.09. The zero-order valence-electron chi connectivity index (χ0n) is 12.3. The Balaban J connectivity index is 2.35. The van der Waals surface area contributed by atoms with Gasteiger partial charge in [0.2, 0.25) is 0 Å². The fraction of sp³-hybridized carbons (Fsp3) is 0.500. The van der Waals surface area contributed by atoms with Crippen molar-refractivity contribution < 1.29 is 4.74 Å². The SMILES string of the molecule is CC(N)CCc1cn(C)c2ccc(OC(C)C)cc12. The summed E-state index contributed by atoms with van der Waals surface area (Å²) in [5, 5.41) is 1.28. The van der Waals surface area contributed by atoms with Gasteiger partial charge in [-0.3, -0.25) is 0 Å². The van der Waals surface area contributed by atoms with Gasteiger partial charge in [0, 0.05) is 30.2 Å². The maximum absolute atomic E-state index is 5.86. The molecule has 1 heterocycles. The van der Waals surface area contributed by atoms with Crippen LogP contribution < -0.4 is 10.5 Å². The lowest BCUT2D eigenvalue weighted by molar-refractivity contribution is 0.243. The molecule has 0 spiro atoms. The van der Waals surface area contributed by atoms with E-state index < -0.39 is 0 Å². The molecule has 0 radical (unpaired) electrons. The minimum Gasteiger partial charge on any atom is -0.491 e. The molecule has 2 N–H and O–H groups in total. The molecular weight excluding hydrogens is 236 g/mol. The summed E-state index contributed by atoms with van der Waals surface area (Å²) >= 11 is 0. The summed E-state index contributed by atoms with van der Waals surface area (Å²) in [7, 11) is 2.08. The lowest BCUT2D eigenvalue weighted by Crippen LogP contribution is -2.15. The van der Waals surface area contributed by atoms with Crippen molar-refractivity contribution in [3.63, 3.8) is 0 Å². The number of aryl methyl sites for hydroxylation is 2. The largest absolute Gasteiger partial charge is 0.491 e. The summed E-state index contributed by atoms with van der Waals surface area (Å²) in [5.74, 6) is 0.941. The smallest absolute Gasteiger partial charge is 0.120 e.